The van der Waals surface area contributed by atoms with Gasteiger partial charge in [-0.1, -0.05) is 0 Å². The van der Waals surface area contributed by atoms with Gasteiger partial charge in [-0.25, -0.2) is 0 Å². The lowest BCUT2D eigenvalue weighted by atomic mass is 9.91. The largest absolute Gasteiger partial charge is 0.504 e. The molecular formula is C16H13Br3O6. The predicted octanol–water partition coefficient (Wildman–Crippen LogP) is 4.51. The first-order valence-corrected chi connectivity index (χ1v) is 9.23. The standard InChI is InChI=1S/C16H13Br3O6/c1-25-15-9(17)3-6(4-11(15)21)8(16(23)24)2-7-5-10(20)14(22)13(19)12(7)18/h3-5,8,20-22H,2H2,1H3,(H,23,24)/t8-/m1/s1. The minimum Gasteiger partial charge on any atom is -0.504 e. The minimum atomic E-state index is -1.10. The number of hydrogen-bond donors (Lipinski definition) is 4. The molecule has 0 aliphatic rings. The SMILES string of the molecule is COc1c(O)cc([C@@H](Cc2cc(O)c(O)c(Br)c2Br)C(=O)O)cc1Br. The molecular weight excluding hydrogens is 528 g/mol. The minimum absolute atomic E-state index is 0.0144. The summed E-state index contributed by atoms with van der Waals surface area (Å²) in [5.74, 6) is -2.79. The molecule has 134 valence electrons. The van der Waals surface area contributed by atoms with Crippen LogP contribution in [0.25, 0.3) is 0 Å². The molecule has 0 amide bonds. The lowest BCUT2D eigenvalue weighted by Gasteiger charge is -2.17. The topological polar surface area (TPSA) is 107 Å². The van der Waals surface area contributed by atoms with Crippen molar-refractivity contribution in [2.45, 2.75) is 12.3 Å². The van der Waals surface area contributed by atoms with Crippen LogP contribution < -0.4 is 4.74 Å². The third kappa shape index (κ3) is 4.04. The molecule has 0 bridgehead atoms. The monoisotopic (exact) mass is 538 g/mol. The van der Waals surface area contributed by atoms with E-state index in [1.807, 2.05) is 0 Å². The molecule has 25 heavy (non-hydrogen) atoms. The maximum absolute atomic E-state index is 11.8. The summed E-state index contributed by atoms with van der Waals surface area (Å²) in [6, 6.07) is 4.17. The molecule has 0 aliphatic heterocycles. The lowest BCUT2D eigenvalue weighted by Crippen LogP contribution is -2.15. The second kappa shape index (κ2) is 7.84. The number of halogens is 3. The Morgan fingerprint density at radius 1 is 1.08 bits per heavy atom. The van der Waals surface area contributed by atoms with Gasteiger partial charge in [0.2, 0.25) is 0 Å². The van der Waals surface area contributed by atoms with Gasteiger partial charge >= 0.3 is 5.97 Å². The van der Waals surface area contributed by atoms with Crippen molar-refractivity contribution in [1.29, 1.82) is 0 Å². The average Bonchev–Trinajstić information content (AvgIpc) is 2.54. The van der Waals surface area contributed by atoms with Crippen molar-refractivity contribution in [3.63, 3.8) is 0 Å². The first kappa shape index (κ1) is 19.9. The van der Waals surface area contributed by atoms with Crippen molar-refractivity contribution in [3.05, 3.63) is 42.7 Å². The Kier molecular flexibility index (Phi) is 6.23. The number of phenolic OH excluding ortho intramolecular Hbond substituents is 3. The van der Waals surface area contributed by atoms with Crippen molar-refractivity contribution in [2.24, 2.45) is 0 Å². The number of rotatable bonds is 5. The Morgan fingerprint density at radius 2 is 1.72 bits per heavy atom. The van der Waals surface area contributed by atoms with Crippen LogP contribution in [-0.4, -0.2) is 33.5 Å². The van der Waals surface area contributed by atoms with E-state index in [2.05, 4.69) is 47.8 Å². The second-order valence-corrected chi connectivity index (χ2v) is 7.62. The van der Waals surface area contributed by atoms with Gasteiger partial charge in [-0.05, 0) is 83.5 Å². The highest BCUT2D eigenvalue weighted by molar-refractivity contribution is 9.13. The van der Waals surface area contributed by atoms with Crippen LogP contribution in [0.2, 0.25) is 0 Å². The number of hydrogen-bond acceptors (Lipinski definition) is 5. The summed E-state index contributed by atoms with van der Waals surface area (Å²) < 4.78 is 6.12. The van der Waals surface area contributed by atoms with Crippen molar-refractivity contribution in [1.82, 2.24) is 0 Å². The highest BCUT2D eigenvalue weighted by Crippen LogP contribution is 2.43. The molecule has 0 spiro atoms. The Bertz CT molecular complexity index is 814. The molecule has 2 rings (SSSR count). The smallest absolute Gasteiger partial charge is 0.311 e. The molecule has 0 saturated heterocycles. The quantitative estimate of drug-likeness (QED) is 0.416. The fourth-order valence-corrected chi connectivity index (χ4v) is 3.92. The van der Waals surface area contributed by atoms with E-state index in [1.165, 1.54) is 19.2 Å². The molecule has 1 atom stereocenters. The third-order valence-corrected chi connectivity index (χ3v) is 6.41. The molecule has 9 heteroatoms. The number of aliphatic carboxylic acids is 1. The molecule has 0 radical (unpaired) electrons. The number of ether oxygens (including phenoxy) is 1. The van der Waals surface area contributed by atoms with Crippen LogP contribution in [0.4, 0.5) is 0 Å². The van der Waals surface area contributed by atoms with Gasteiger partial charge in [0.15, 0.2) is 23.0 Å². The van der Waals surface area contributed by atoms with E-state index in [-0.39, 0.29) is 33.9 Å². The van der Waals surface area contributed by atoms with Crippen LogP contribution in [0, 0.1) is 0 Å². The maximum atomic E-state index is 11.8. The summed E-state index contributed by atoms with van der Waals surface area (Å²) in [6.07, 6.45) is 0.0144. The summed E-state index contributed by atoms with van der Waals surface area (Å²) >= 11 is 9.66. The highest BCUT2D eigenvalue weighted by atomic mass is 79.9. The average molecular weight is 541 g/mol. The van der Waals surface area contributed by atoms with E-state index in [4.69, 9.17) is 4.74 Å². The van der Waals surface area contributed by atoms with Gasteiger partial charge in [0.1, 0.15) is 0 Å². The number of aromatic hydroxyl groups is 3. The first-order valence-electron chi connectivity index (χ1n) is 6.85. The van der Waals surface area contributed by atoms with E-state index in [0.717, 1.165) is 0 Å². The zero-order valence-corrected chi connectivity index (χ0v) is 17.5. The van der Waals surface area contributed by atoms with Gasteiger partial charge in [-0.3, -0.25) is 4.79 Å². The van der Waals surface area contributed by atoms with E-state index in [9.17, 15) is 25.2 Å². The van der Waals surface area contributed by atoms with Crippen LogP contribution in [0.5, 0.6) is 23.0 Å². The zero-order chi connectivity index (χ0) is 18.9. The molecule has 2 aromatic carbocycles. The maximum Gasteiger partial charge on any atom is 0.311 e. The van der Waals surface area contributed by atoms with Crippen LogP contribution in [0.3, 0.4) is 0 Å². The zero-order valence-electron chi connectivity index (χ0n) is 12.8. The number of phenols is 3. The van der Waals surface area contributed by atoms with E-state index in [1.54, 1.807) is 6.07 Å². The summed E-state index contributed by atoms with van der Waals surface area (Å²) in [5, 5.41) is 39.1. The molecule has 2 aromatic rings. The van der Waals surface area contributed by atoms with Gasteiger partial charge in [-0.15, -0.1) is 0 Å². The first-order chi connectivity index (χ1) is 11.7. The molecule has 0 saturated carbocycles. The van der Waals surface area contributed by atoms with Gasteiger partial charge in [0.25, 0.3) is 0 Å². The predicted molar refractivity (Wildman–Crippen MR) is 102 cm³/mol. The van der Waals surface area contributed by atoms with Crippen LogP contribution >= 0.6 is 47.8 Å². The second-order valence-electron chi connectivity index (χ2n) is 5.18. The van der Waals surface area contributed by atoms with Crippen LogP contribution in [-0.2, 0) is 11.2 Å². The Balaban J connectivity index is 2.50. The molecule has 0 aliphatic carbocycles. The summed E-state index contributed by atoms with van der Waals surface area (Å²) in [4.78, 5) is 11.8. The van der Waals surface area contributed by atoms with Gasteiger partial charge < -0.3 is 25.2 Å². The Hall–Kier alpha value is -1.45. The summed E-state index contributed by atoms with van der Waals surface area (Å²) in [6.45, 7) is 0. The molecule has 0 heterocycles. The number of carbonyl (C=O) groups is 1. The fraction of sp³-hybridized carbons (Fsp3) is 0.188. The fourth-order valence-electron chi connectivity index (χ4n) is 2.37. The van der Waals surface area contributed by atoms with Gasteiger partial charge in [-0.2, -0.15) is 0 Å². The summed E-state index contributed by atoms with van der Waals surface area (Å²) in [7, 11) is 1.39. The van der Waals surface area contributed by atoms with Gasteiger partial charge in [0.05, 0.1) is 22.0 Å². The number of carboxylic acids is 1. The third-order valence-electron chi connectivity index (χ3n) is 3.61. The lowest BCUT2D eigenvalue weighted by molar-refractivity contribution is -0.138. The Morgan fingerprint density at radius 3 is 2.24 bits per heavy atom. The Labute approximate surface area is 168 Å². The van der Waals surface area contributed by atoms with Crippen LogP contribution in [0.15, 0.2) is 31.6 Å². The van der Waals surface area contributed by atoms with E-state index < -0.39 is 11.9 Å². The van der Waals surface area contributed by atoms with Crippen molar-refractivity contribution in [2.75, 3.05) is 7.11 Å². The molecule has 0 unspecified atom stereocenters. The van der Waals surface area contributed by atoms with E-state index >= 15 is 0 Å². The normalized spacial score (nSPS) is 12.0. The van der Waals surface area contributed by atoms with Crippen molar-refractivity contribution < 1.29 is 30.0 Å². The van der Waals surface area contributed by atoms with E-state index in [0.29, 0.717) is 20.1 Å². The van der Waals surface area contributed by atoms with Crippen molar-refractivity contribution in [3.8, 4) is 23.0 Å². The summed E-state index contributed by atoms with van der Waals surface area (Å²) in [5.41, 5.74) is 0.828. The molecule has 6 nitrogen and oxygen atoms in total. The van der Waals surface area contributed by atoms with Gasteiger partial charge in [0, 0.05) is 4.47 Å². The molecule has 0 aromatic heterocycles. The molecule has 0 fully saturated rings. The number of methoxy groups -OCH3 is 1. The van der Waals surface area contributed by atoms with Crippen LogP contribution in [0.1, 0.15) is 17.0 Å². The number of carboxylic acid groups (broad SMARTS) is 1. The van der Waals surface area contributed by atoms with Crippen molar-refractivity contribution >= 4 is 53.8 Å². The molecule has 4 N–H and O–H groups in total. The number of benzene rings is 2. The highest BCUT2D eigenvalue weighted by Gasteiger charge is 2.25.